The maximum atomic E-state index is 12.6. The van der Waals surface area contributed by atoms with Crippen molar-refractivity contribution in [1.29, 1.82) is 0 Å². The van der Waals surface area contributed by atoms with E-state index in [0.717, 1.165) is 5.56 Å². The first-order valence-corrected chi connectivity index (χ1v) is 10.9. The number of amides is 2. The number of benzene rings is 2. The highest BCUT2D eigenvalue weighted by Gasteiger charge is 2.28. The Morgan fingerprint density at radius 3 is 2.48 bits per heavy atom. The van der Waals surface area contributed by atoms with Crippen molar-refractivity contribution in [3.8, 4) is 5.75 Å². The summed E-state index contributed by atoms with van der Waals surface area (Å²) in [5.41, 5.74) is 2.46. The van der Waals surface area contributed by atoms with Crippen molar-refractivity contribution in [2.75, 3.05) is 30.0 Å². The third-order valence-corrected chi connectivity index (χ3v) is 5.25. The van der Waals surface area contributed by atoms with Crippen LogP contribution < -0.4 is 15.0 Å². The zero-order chi connectivity index (χ0) is 24.0. The lowest BCUT2D eigenvalue weighted by Gasteiger charge is -2.29. The molecule has 8 heteroatoms. The van der Waals surface area contributed by atoms with Crippen LogP contribution in [0.3, 0.4) is 0 Å². The van der Waals surface area contributed by atoms with Crippen LogP contribution in [0.4, 0.5) is 11.4 Å². The van der Waals surface area contributed by atoms with Crippen LogP contribution in [-0.4, -0.2) is 43.3 Å². The fourth-order valence-corrected chi connectivity index (χ4v) is 3.44. The Morgan fingerprint density at radius 2 is 1.82 bits per heavy atom. The molecule has 1 heterocycles. The minimum atomic E-state index is -0.443. The van der Waals surface area contributed by atoms with Gasteiger partial charge in [-0.25, -0.2) is 0 Å². The van der Waals surface area contributed by atoms with Gasteiger partial charge in [-0.3, -0.25) is 24.1 Å². The fourth-order valence-electron chi connectivity index (χ4n) is 3.44. The monoisotopic (exact) mass is 452 g/mol. The van der Waals surface area contributed by atoms with E-state index in [9.17, 15) is 19.2 Å². The molecule has 3 rings (SSSR count). The lowest BCUT2D eigenvalue weighted by atomic mass is 10.0. The molecule has 0 aromatic heterocycles. The molecule has 0 aliphatic carbocycles. The van der Waals surface area contributed by atoms with Crippen LogP contribution >= 0.6 is 0 Å². The molecule has 174 valence electrons. The van der Waals surface area contributed by atoms with Crippen LogP contribution in [0.2, 0.25) is 0 Å². The molecule has 1 aliphatic rings. The van der Waals surface area contributed by atoms with Crippen molar-refractivity contribution in [2.24, 2.45) is 0 Å². The number of ketones is 1. The normalized spacial score (nSPS) is 12.7. The third-order valence-electron chi connectivity index (χ3n) is 5.25. The number of carbonyl (C=O) groups excluding carboxylic acids is 4. The van der Waals surface area contributed by atoms with Crippen LogP contribution in [0.1, 0.15) is 55.5 Å². The first-order valence-electron chi connectivity index (χ1n) is 10.9. The van der Waals surface area contributed by atoms with Gasteiger partial charge in [-0.1, -0.05) is 26.0 Å². The lowest BCUT2D eigenvalue weighted by Crippen LogP contribution is -2.43. The first kappa shape index (κ1) is 24.0. The van der Waals surface area contributed by atoms with Crippen molar-refractivity contribution >= 4 is 34.9 Å². The zero-order valence-electron chi connectivity index (χ0n) is 19.1. The smallest absolute Gasteiger partial charge is 0.306 e. The van der Waals surface area contributed by atoms with E-state index in [0.29, 0.717) is 28.6 Å². The molecule has 1 N–H and O–H groups in total. The second-order valence-corrected chi connectivity index (χ2v) is 8.00. The second-order valence-electron chi connectivity index (χ2n) is 8.00. The topological polar surface area (TPSA) is 102 Å². The van der Waals surface area contributed by atoms with Gasteiger partial charge in [-0.05, 0) is 48.7 Å². The van der Waals surface area contributed by atoms with Crippen LogP contribution in [0.15, 0.2) is 42.5 Å². The van der Waals surface area contributed by atoms with E-state index >= 15 is 0 Å². The molecule has 2 amide bonds. The number of nitrogens with zero attached hydrogens (tertiary/aromatic N) is 1. The first-order chi connectivity index (χ1) is 15.8. The minimum Gasteiger partial charge on any atom is -0.482 e. The largest absolute Gasteiger partial charge is 0.482 e. The summed E-state index contributed by atoms with van der Waals surface area (Å²) in [7, 11) is 0. The Morgan fingerprint density at radius 1 is 1.09 bits per heavy atom. The molecule has 2 aromatic rings. The van der Waals surface area contributed by atoms with E-state index in [2.05, 4.69) is 19.2 Å². The number of ether oxygens (including phenoxy) is 2. The summed E-state index contributed by atoms with van der Waals surface area (Å²) in [5, 5.41) is 2.80. The maximum absolute atomic E-state index is 12.6. The molecule has 0 radical (unpaired) electrons. The molecule has 33 heavy (non-hydrogen) atoms. The van der Waals surface area contributed by atoms with Gasteiger partial charge >= 0.3 is 5.97 Å². The number of nitrogens with one attached hydrogen (secondary N) is 1. The van der Waals surface area contributed by atoms with E-state index in [1.807, 2.05) is 24.3 Å². The highest BCUT2D eigenvalue weighted by atomic mass is 16.5. The van der Waals surface area contributed by atoms with Gasteiger partial charge in [0.15, 0.2) is 12.4 Å². The number of hydrogen-bond donors (Lipinski definition) is 1. The van der Waals surface area contributed by atoms with Gasteiger partial charge < -0.3 is 14.8 Å². The summed E-state index contributed by atoms with van der Waals surface area (Å²) >= 11 is 0. The third kappa shape index (κ3) is 6.19. The molecule has 8 nitrogen and oxygen atoms in total. The molecule has 0 atom stereocenters. The Labute approximate surface area is 192 Å². The highest BCUT2D eigenvalue weighted by molar-refractivity contribution is 6.06. The lowest BCUT2D eigenvalue weighted by molar-refractivity contribution is -0.143. The quantitative estimate of drug-likeness (QED) is 0.460. The van der Waals surface area contributed by atoms with E-state index in [1.165, 1.54) is 11.0 Å². The Balaban J connectivity index is 1.71. The molecule has 0 saturated carbocycles. The minimum absolute atomic E-state index is 0.0146. The van der Waals surface area contributed by atoms with Gasteiger partial charge in [0.25, 0.3) is 5.91 Å². The van der Waals surface area contributed by atoms with Gasteiger partial charge in [0.05, 0.1) is 18.7 Å². The van der Waals surface area contributed by atoms with Gasteiger partial charge in [0, 0.05) is 17.7 Å². The second kappa shape index (κ2) is 10.8. The highest BCUT2D eigenvalue weighted by Crippen LogP contribution is 2.33. The average molecular weight is 453 g/mol. The maximum Gasteiger partial charge on any atom is 0.306 e. The number of rotatable bonds is 9. The van der Waals surface area contributed by atoms with Gasteiger partial charge in [0.1, 0.15) is 12.3 Å². The van der Waals surface area contributed by atoms with Crippen LogP contribution in [-0.2, 0) is 19.1 Å². The summed E-state index contributed by atoms with van der Waals surface area (Å²) < 4.78 is 10.3. The van der Waals surface area contributed by atoms with Crippen LogP contribution in [0.5, 0.6) is 5.75 Å². The number of Topliss-reactive ketones (excluding diaryl/α,β-unsaturated/α-hetero) is 1. The number of hydrogen-bond acceptors (Lipinski definition) is 6. The molecule has 0 spiro atoms. The van der Waals surface area contributed by atoms with Gasteiger partial charge in [0.2, 0.25) is 5.91 Å². The molecule has 0 unspecified atom stereocenters. The molecular weight excluding hydrogens is 424 g/mol. The van der Waals surface area contributed by atoms with Crippen molar-refractivity contribution in [3.63, 3.8) is 0 Å². The Hall–Kier alpha value is -3.68. The average Bonchev–Trinajstić information content (AvgIpc) is 2.79. The van der Waals surface area contributed by atoms with E-state index in [1.54, 1.807) is 19.1 Å². The molecule has 2 aromatic carbocycles. The van der Waals surface area contributed by atoms with Crippen molar-refractivity contribution in [3.05, 3.63) is 53.6 Å². The standard InChI is InChI=1S/C25H28N2O6/c1-4-32-25(31)12-10-21(28)18-7-11-22-20(13-18)27(24(30)15-33-22)14-23(29)26-19-8-5-17(6-9-19)16(2)3/h5-9,11,13,16H,4,10,12,14-15H2,1-3H3,(H,26,29). The van der Waals surface area contributed by atoms with Crippen molar-refractivity contribution < 1.29 is 28.7 Å². The van der Waals surface area contributed by atoms with Gasteiger partial charge in [-0.2, -0.15) is 0 Å². The summed E-state index contributed by atoms with van der Waals surface area (Å²) in [6.07, 6.45) is -0.0415. The van der Waals surface area contributed by atoms with E-state index in [-0.39, 0.29) is 50.2 Å². The molecule has 0 fully saturated rings. The molecule has 0 bridgehead atoms. The van der Waals surface area contributed by atoms with Crippen molar-refractivity contribution in [2.45, 2.75) is 39.5 Å². The van der Waals surface area contributed by atoms with E-state index in [4.69, 9.17) is 9.47 Å². The molecular formula is C25H28N2O6. The predicted molar refractivity (Wildman–Crippen MR) is 124 cm³/mol. The number of carbonyl (C=O) groups is 4. The van der Waals surface area contributed by atoms with E-state index < -0.39 is 5.97 Å². The number of anilines is 2. The van der Waals surface area contributed by atoms with Crippen LogP contribution in [0, 0.1) is 0 Å². The molecule has 0 saturated heterocycles. The zero-order valence-corrected chi connectivity index (χ0v) is 19.1. The summed E-state index contributed by atoms with van der Waals surface area (Å²) in [5.74, 6) is -0.672. The van der Waals surface area contributed by atoms with Crippen molar-refractivity contribution in [1.82, 2.24) is 0 Å². The summed E-state index contributed by atoms with van der Waals surface area (Å²) in [4.78, 5) is 50.5. The summed E-state index contributed by atoms with van der Waals surface area (Å²) in [6, 6.07) is 12.2. The van der Waals surface area contributed by atoms with Gasteiger partial charge in [-0.15, -0.1) is 0 Å². The Bertz CT molecular complexity index is 1050. The SMILES string of the molecule is CCOC(=O)CCC(=O)c1ccc2c(c1)N(CC(=O)Nc1ccc(C(C)C)cc1)C(=O)CO2. The number of fused-ring (bicyclic) bond motifs is 1. The van der Waals surface area contributed by atoms with Crippen LogP contribution in [0.25, 0.3) is 0 Å². The summed E-state index contributed by atoms with van der Waals surface area (Å²) in [6.45, 7) is 5.72. The molecule has 1 aliphatic heterocycles. The predicted octanol–water partition coefficient (Wildman–Crippen LogP) is 3.70. The fraction of sp³-hybridized carbons (Fsp3) is 0.360. The number of esters is 1. The Kier molecular flexibility index (Phi) is 7.82.